The van der Waals surface area contributed by atoms with Gasteiger partial charge in [0.15, 0.2) is 0 Å². The molecule has 1 N–H and O–H groups in total. The first-order chi connectivity index (χ1) is 8.67. The van der Waals surface area contributed by atoms with Crippen LogP contribution in [-0.4, -0.2) is 29.4 Å². The third-order valence-electron chi connectivity index (χ3n) is 4.03. The average Bonchev–Trinajstić information content (AvgIpc) is 2.91. The zero-order chi connectivity index (χ0) is 13.1. The Morgan fingerprint density at radius 1 is 1.39 bits per heavy atom. The Kier molecular flexibility index (Phi) is 4.27. The molecule has 0 radical (unpaired) electrons. The summed E-state index contributed by atoms with van der Waals surface area (Å²) in [4.78, 5) is 2.51. The number of nitrogens with zero attached hydrogens (tertiary/aromatic N) is 3. The van der Waals surface area contributed by atoms with E-state index in [0.29, 0.717) is 0 Å². The molecule has 4 nitrogen and oxygen atoms in total. The molecule has 1 aromatic heterocycles. The van der Waals surface area contributed by atoms with Crippen molar-refractivity contribution in [2.45, 2.75) is 40.2 Å². The van der Waals surface area contributed by atoms with Crippen LogP contribution in [0.5, 0.6) is 0 Å². The van der Waals surface area contributed by atoms with E-state index >= 15 is 0 Å². The van der Waals surface area contributed by atoms with Crippen molar-refractivity contribution < 1.29 is 0 Å². The van der Waals surface area contributed by atoms with E-state index in [2.05, 4.69) is 47.8 Å². The van der Waals surface area contributed by atoms with Crippen LogP contribution in [0.25, 0.3) is 0 Å². The van der Waals surface area contributed by atoms with Gasteiger partial charge in [0.05, 0.1) is 5.69 Å². The van der Waals surface area contributed by atoms with Crippen molar-refractivity contribution >= 4 is 5.82 Å². The number of hydrogen-bond donors (Lipinski definition) is 1. The van der Waals surface area contributed by atoms with E-state index in [4.69, 9.17) is 0 Å². The fourth-order valence-electron chi connectivity index (χ4n) is 2.90. The maximum absolute atomic E-state index is 4.59. The van der Waals surface area contributed by atoms with E-state index in [0.717, 1.165) is 24.7 Å². The molecule has 0 bridgehead atoms. The molecule has 0 amide bonds. The highest BCUT2D eigenvalue weighted by Crippen LogP contribution is 2.29. The molecule has 0 aromatic carbocycles. The molecule has 18 heavy (non-hydrogen) atoms. The molecule has 1 saturated heterocycles. The van der Waals surface area contributed by atoms with Gasteiger partial charge in [-0.1, -0.05) is 20.3 Å². The minimum Gasteiger partial charge on any atom is -0.356 e. The van der Waals surface area contributed by atoms with Gasteiger partial charge in [-0.2, -0.15) is 5.10 Å². The SMILES string of the molecule is CCNCc1c(C)nn(C)c1N1CCC(CC)C1. The highest BCUT2D eigenvalue weighted by atomic mass is 15.4. The van der Waals surface area contributed by atoms with Gasteiger partial charge in [-0.05, 0) is 25.8 Å². The van der Waals surface area contributed by atoms with Crippen LogP contribution in [0.15, 0.2) is 0 Å². The molecule has 1 aliphatic heterocycles. The molecule has 1 fully saturated rings. The van der Waals surface area contributed by atoms with Crippen LogP contribution in [-0.2, 0) is 13.6 Å². The molecule has 0 aliphatic carbocycles. The lowest BCUT2D eigenvalue weighted by Crippen LogP contribution is -2.24. The summed E-state index contributed by atoms with van der Waals surface area (Å²) >= 11 is 0. The van der Waals surface area contributed by atoms with E-state index in [9.17, 15) is 0 Å². The highest BCUT2D eigenvalue weighted by Gasteiger charge is 2.26. The van der Waals surface area contributed by atoms with Gasteiger partial charge in [-0.15, -0.1) is 0 Å². The van der Waals surface area contributed by atoms with Crippen LogP contribution in [0, 0.1) is 12.8 Å². The Hall–Kier alpha value is -1.03. The molecular weight excluding hydrogens is 224 g/mol. The van der Waals surface area contributed by atoms with Gasteiger partial charge in [0, 0.05) is 32.2 Å². The quantitative estimate of drug-likeness (QED) is 0.868. The van der Waals surface area contributed by atoms with Crippen molar-refractivity contribution in [2.24, 2.45) is 13.0 Å². The molecule has 2 rings (SSSR count). The number of aryl methyl sites for hydroxylation is 2. The lowest BCUT2D eigenvalue weighted by atomic mass is 10.1. The Labute approximate surface area is 110 Å². The fraction of sp³-hybridized carbons (Fsp3) is 0.786. The molecule has 2 heterocycles. The van der Waals surface area contributed by atoms with E-state index in [1.165, 1.54) is 37.3 Å². The second-order valence-corrected chi connectivity index (χ2v) is 5.30. The number of nitrogens with one attached hydrogen (secondary N) is 1. The van der Waals surface area contributed by atoms with Crippen molar-refractivity contribution in [3.05, 3.63) is 11.3 Å². The minimum atomic E-state index is 0.854. The van der Waals surface area contributed by atoms with Crippen molar-refractivity contribution in [3.8, 4) is 0 Å². The topological polar surface area (TPSA) is 33.1 Å². The van der Waals surface area contributed by atoms with Gasteiger partial charge in [0.25, 0.3) is 0 Å². The molecular formula is C14H26N4. The molecule has 0 spiro atoms. The Balaban J connectivity index is 2.20. The van der Waals surface area contributed by atoms with Gasteiger partial charge in [0.2, 0.25) is 0 Å². The average molecular weight is 250 g/mol. The molecule has 0 saturated carbocycles. The van der Waals surface area contributed by atoms with Crippen LogP contribution < -0.4 is 10.2 Å². The molecule has 4 heteroatoms. The second-order valence-electron chi connectivity index (χ2n) is 5.30. The number of aromatic nitrogens is 2. The third-order valence-corrected chi connectivity index (χ3v) is 4.03. The van der Waals surface area contributed by atoms with Crippen molar-refractivity contribution in [3.63, 3.8) is 0 Å². The summed E-state index contributed by atoms with van der Waals surface area (Å²) in [6.45, 7) is 10.9. The first kappa shape index (κ1) is 13.4. The van der Waals surface area contributed by atoms with Crippen molar-refractivity contribution in [1.82, 2.24) is 15.1 Å². The first-order valence-corrected chi connectivity index (χ1v) is 7.15. The van der Waals surface area contributed by atoms with Gasteiger partial charge >= 0.3 is 0 Å². The molecule has 1 aromatic rings. The normalized spacial score (nSPS) is 19.8. The lowest BCUT2D eigenvalue weighted by Gasteiger charge is -2.20. The zero-order valence-corrected chi connectivity index (χ0v) is 12.2. The minimum absolute atomic E-state index is 0.854. The molecule has 102 valence electrons. The third kappa shape index (κ3) is 2.53. The Morgan fingerprint density at radius 2 is 2.17 bits per heavy atom. The van der Waals surface area contributed by atoms with Crippen LogP contribution >= 0.6 is 0 Å². The van der Waals surface area contributed by atoms with E-state index in [-0.39, 0.29) is 0 Å². The fourth-order valence-corrected chi connectivity index (χ4v) is 2.90. The van der Waals surface area contributed by atoms with Crippen molar-refractivity contribution in [1.29, 1.82) is 0 Å². The van der Waals surface area contributed by atoms with Gasteiger partial charge in [-0.3, -0.25) is 4.68 Å². The summed E-state index contributed by atoms with van der Waals surface area (Å²) in [6, 6.07) is 0. The number of anilines is 1. The maximum Gasteiger partial charge on any atom is 0.131 e. The van der Waals surface area contributed by atoms with Crippen LogP contribution in [0.4, 0.5) is 5.82 Å². The summed E-state index contributed by atoms with van der Waals surface area (Å²) in [5.74, 6) is 2.18. The summed E-state index contributed by atoms with van der Waals surface area (Å²) in [5.41, 5.74) is 2.53. The monoisotopic (exact) mass is 250 g/mol. The molecule has 1 unspecified atom stereocenters. The lowest BCUT2D eigenvalue weighted by molar-refractivity contribution is 0.567. The highest BCUT2D eigenvalue weighted by molar-refractivity contribution is 5.51. The first-order valence-electron chi connectivity index (χ1n) is 7.15. The predicted molar refractivity (Wildman–Crippen MR) is 75.9 cm³/mol. The van der Waals surface area contributed by atoms with Gasteiger partial charge in [-0.25, -0.2) is 0 Å². The number of rotatable bonds is 5. The van der Waals surface area contributed by atoms with Crippen molar-refractivity contribution in [2.75, 3.05) is 24.5 Å². The largest absolute Gasteiger partial charge is 0.356 e. The maximum atomic E-state index is 4.59. The summed E-state index contributed by atoms with van der Waals surface area (Å²) in [6.07, 6.45) is 2.61. The van der Waals surface area contributed by atoms with Crippen LogP contribution in [0.2, 0.25) is 0 Å². The smallest absolute Gasteiger partial charge is 0.131 e. The molecule has 1 aliphatic rings. The van der Waals surface area contributed by atoms with Gasteiger partial charge < -0.3 is 10.2 Å². The number of hydrogen-bond acceptors (Lipinski definition) is 3. The van der Waals surface area contributed by atoms with Gasteiger partial charge in [0.1, 0.15) is 5.82 Å². The second kappa shape index (κ2) is 5.74. The zero-order valence-electron chi connectivity index (χ0n) is 12.2. The van der Waals surface area contributed by atoms with E-state index < -0.39 is 0 Å². The Morgan fingerprint density at radius 3 is 2.78 bits per heavy atom. The molecule has 1 atom stereocenters. The predicted octanol–water partition coefficient (Wildman–Crippen LogP) is 2.07. The standard InChI is InChI=1S/C14H26N4/c1-5-12-7-8-18(10-12)14-13(9-15-6-2)11(3)16-17(14)4/h12,15H,5-10H2,1-4H3. The van der Waals surface area contributed by atoms with E-state index in [1.54, 1.807) is 0 Å². The summed E-state index contributed by atoms with van der Waals surface area (Å²) < 4.78 is 2.06. The Bertz CT molecular complexity index is 397. The summed E-state index contributed by atoms with van der Waals surface area (Å²) in [5, 5.41) is 8.02. The van der Waals surface area contributed by atoms with Crippen LogP contribution in [0.3, 0.4) is 0 Å². The summed E-state index contributed by atoms with van der Waals surface area (Å²) in [7, 11) is 2.07. The van der Waals surface area contributed by atoms with E-state index in [1.807, 2.05) is 0 Å². The van der Waals surface area contributed by atoms with Crippen LogP contribution in [0.1, 0.15) is 37.9 Å².